The predicted octanol–water partition coefficient (Wildman–Crippen LogP) is 2.20. The molecule has 0 saturated carbocycles. The lowest BCUT2D eigenvalue weighted by molar-refractivity contribution is -0.119. The van der Waals surface area contributed by atoms with Crippen molar-refractivity contribution in [1.82, 2.24) is 0 Å². The number of carbonyl (C=O) groups is 2. The van der Waals surface area contributed by atoms with E-state index in [0.717, 1.165) is 11.6 Å². The Balaban J connectivity index is 1.90. The highest BCUT2D eigenvalue weighted by Crippen LogP contribution is 2.23. The lowest BCUT2D eigenvalue weighted by Gasteiger charge is -2.08. The number of phenolic OH excluding ortho intramolecular Hbond substituents is 2. The van der Waals surface area contributed by atoms with Gasteiger partial charge in [0.2, 0.25) is 0 Å². The Hall–Kier alpha value is -3.02. The first-order valence-corrected chi connectivity index (χ1v) is 6.51. The zero-order chi connectivity index (χ0) is 16.1. The van der Waals surface area contributed by atoms with Crippen LogP contribution < -0.4 is 5.32 Å². The van der Waals surface area contributed by atoms with Gasteiger partial charge in [0.15, 0.2) is 6.61 Å². The van der Waals surface area contributed by atoms with E-state index < -0.39 is 24.2 Å². The zero-order valence-corrected chi connectivity index (χ0v) is 11.9. The minimum Gasteiger partial charge on any atom is -0.508 e. The number of aromatic hydroxyl groups is 2. The van der Waals surface area contributed by atoms with Gasteiger partial charge in [-0.2, -0.15) is 0 Å². The fourth-order valence-corrected chi connectivity index (χ4v) is 1.74. The fourth-order valence-electron chi connectivity index (χ4n) is 1.74. The van der Waals surface area contributed by atoms with Crippen molar-refractivity contribution in [2.24, 2.45) is 0 Å². The molecule has 0 heterocycles. The van der Waals surface area contributed by atoms with Crippen molar-refractivity contribution in [3.05, 3.63) is 53.6 Å². The molecule has 6 nitrogen and oxygen atoms in total. The molecule has 114 valence electrons. The van der Waals surface area contributed by atoms with Crippen LogP contribution in [-0.4, -0.2) is 28.7 Å². The first-order chi connectivity index (χ1) is 10.5. The van der Waals surface area contributed by atoms with E-state index in [9.17, 15) is 14.7 Å². The van der Waals surface area contributed by atoms with Gasteiger partial charge in [0.25, 0.3) is 5.91 Å². The SMILES string of the molecule is Cc1ccc(NC(=O)COC(=O)c2ccc(O)cc2O)cc1. The maximum absolute atomic E-state index is 11.7. The van der Waals surface area contributed by atoms with Crippen LogP contribution in [0.4, 0.5) is 5.69 Å². The average Bonchev–Trinajstić information content (AvgIpc) is 2.47. The summed E-state index contributed by atoms with van der Waals surface area (Å²) in [7, 11) is 0. The third-order valence-electron chi connectivity index (χ3n) is 2.87. The molecule has 0 spiro atoms. The minimum absolute atomic E-state index is 0.124. The molecule has 1 amide bonds. The molecule has 0 radical (unpaired) electrons. The number of benzene rings is 2. The van der Waals surface area contributed by atoms with Crippen LogP contribution in [0, 0.1) is 6.92 Å². The van der Waals surface area contributed by atoms with Gasteiger partial charge in [-0.15, -0.1) is 0 Å². The third-order valence-corrected chi connectivity index (χ3v) is 2.87. The van der Waals surface area contributed by atoms with E-state index in [4.69, 9.17) is 9.84 Å². The van der Waals surface area contributed by atoms with Gasteiger partial charge in [-0.25, -0.2) is 4.79 Å². The summed E-state index contributed by atoms with van der Waals surface area (Å²) in [6.07, 6.45) is 0. The molecule has 2 aromatic rings. The van der Waals surface area contributed by atoms with Gasteiger partial charge >= 0.3 is 5.97 Å². The van der Waals surface area contributed by atoms with E-state index in [2.05, 4.69) is 5.32 Å². The highest BCUT2D eigenvalue weighted by molar-refractivity contribution is 5.96. The zero-order valence-electron chi connectivity index (χ0n) is 11.9. The van der Waals surface area contributed by atoms with Crippen molar-refractivity contribution < 1.29 is 24.5 Å². The molecule has 0 atom stereocenters. The fraction of sp³-hybridized carbons (Fsp3) is 0.125. The molecular weight excluding hydrogens is 286 g/mol. The Morgan fingerprint density at radius 1 is 1.09 bits per heavy atom. The van der Waals surface area contributed by atoms with Gasteiger partial charge in [-0.3, -0.25) is 4.79 Å². The third kappa shape index (κ3) is 3.99. The standard InChI is InChI=1S/C16H15NO5/c1-10-2-4-11(5-3-10)17-15(20)9-22-16(21)13-7-6-12(18)8-14(13)19/h2-8,18-19H,9H2,1H3,(H,17,20). The van der Waals surface area contributed by atoms with E-state index in [1.54, 1.807) is 12.1 Å². The molecule has 2 aromatic carbocycles. The summed E-state index contributed by atoms with van der Waals surface area (Å²) in [5.41, 5.74) is 1.53. The number of ether oxygens (including phenoxy) is 1. The molecule has 3 N–H and O–H groups in total. The lowest BCUT2D eigenvalue weighted by Crippen LogP contribution is -2.20. The van der Waals surface area contributed by atoms with Crippen LogP contribution in [-0.2, 0) is 9.53 Å². The van der Waals surface area contributed by atoms with Crippen molar-refractivity contribution in [3.8, 4) is 11.5 Å². The Kier molecular flexibility index (Phi) is 4.63. The number of carbonyl (C=O) groups excluding carboxylic acids is 2. The van der Waals surface area contributed by atoms with Crippen LogP contribution in [0.2, 0.25) is 0 Å². The molecule has 2 rings (SSSR count). The highest BCUT2D eigenvalue weighted by Gasteiger charge is 2.14. The second-order valence-electron chi connectivity index (χ2n) is 4.69. The topological polar surface area (TPSA) is 95.9 Å². The lowest BCUT2D eigenvalue weighted by atomic mass is 10.2. The van der Waals surface area contributed by atoms with E-state index in [-0.39, 0.29) is 11.3 Å². The second-order valence-corrected chi connectivity index (χ2v) is 4.69. The Morgan fingerprint density at radius 3 is 2.41 bits per heavy atom. The van der Waals surface area contributed by atoms with Crippen molar-refractivity contribution in [3.63, 3.8) is 0 Å². The van der Waals surface area contributed by atoms with Gasteiger partial charge in [0.05, 0.1) is 0 Å². The van der Waals surface area contributed by atoms with Crippen LogP contribution in [0.15, 0.2) is 42.5 Å². The van der Waals surface area contributed by atoms with E-state index >= 15 is 0 Å². The van der Waals surface area contributed by atoms with Crippen LogP contribution >= 0.6 is 0 Å². The molecule has 0 bridgehead atoms. The van der Waals surface area contributed by atoms with Crippen molar-refractivity contribution in [2.45, 2.75) is 6.92 Å². The summed E-state index contributed by atoms with van der Waals surface area (Å²) in [5, 5.41) is 21.3. The molecule has 0 aromatic heterocycles. The first kappa shape index (κ1) is 15.4. The van der Waals surface area contributed by atoms with E-state index in [1.807, 2.05) is 19.1 Å². The van der Waals surface area contributed by atoms with Crippen LogP contribution in [0.25, 0.3) is 0 Å². The molecule has 0 unspecified atom stereocenters. The highest BCUT2D eigenvalue weighted by atomic mass is 16.5. The number of esters is 1. The average molecular weight is 301 g/mol. The quantitative estimate of drug-likeness (QED) is 0.752. The van der Waals surface area contributed by atoms with Crippen LogP contribution in [0.1, 0.15) is 15.9 Å². The molecule has 0 aliphatic carbocycles. The van der Waals surface area contributed by atoms with Crippen LogP contribution in [0.3, 0.4) is 0 Å². The summed E-state index contributed by atoms with van der Waals surface area (Å²) >= 11 is 0. The van der Waals surface area contributed by atoms with Crippen molar-refractivity contribution >= 4 is 17.6 Å². The van der Waals surface area contributed by atoms with Gasteiger partial charge < -0.3 is 20.3 Å². The number of hydrogen-bond acceptors (Lipinski definition) is 5. The summed E-state index contributed by atoms with van der Waals surface area (Å²) < 4.78 is 4.81. The molecule has 0 fully saturated rings. The second kappa shape index (κ2) is 6.62. The number of aryl methyl sites for hydroxylation is 1. The number of amides is 1. The van der Waals surface area contributed by atoms with Gasteiger partial charge in [0, 0.05) is 11.8 Å². The van der Waals surface area contributed by atoms with Crippen molar-refractivity contribution in [2.75, 3.05) is 11.9 Å². The number of hydrogen-bond donors (Lipinski definition) is 3. The summed E-state index contributed by atoms with van der Waals surface area (Å²) in [5.74, 6) is -1.93. The molecular formula is C16H15NO5. The van der Waals surface area contributed by atoms with E-state index in [1.165, 1.54) is 12.1 Å². The molecule has 6 heteroatoms. The summed E-state index contributed by atoms with van der Waals surface area (Å²) in [6.45, 7) is 1.45. The smallest absolute Gasteiger partial charge is 0.342 e. The summed E-state index contributed by atoms with van der Waals surface area (Å²) in [4.78, 5) is 23.4. The molecule has 0 aliphatic rings. The number of rotatable bonds is 4. The first-order valence-electron chi connectivity index (χ1n) is 6.51. The monoisotopic (exact) mass is 301 g/mol. The minimum atomic E-state index is -0.850. The number of anilines is 1. The molecule has 0 saturated heterocycles. The van der Waals surface area contributed by atoms with Crippen LogP contribution in [0.5, 0.6) is 11.5 Å². The van der Waals surface area contributed by atoms with Gasteiger partial charge in [-0.05, 0) is 31.2 Å². The van der Waals surface area contributed by atoms with Crippen molar-refractivity contribution in [1.29, 1.82) is 0 Å². The Labute approximate surface area is 127 Å². The largest absolute Gasteiger partial charge is 0.508 e. The maximum Gasteiger partial charge on any atom is 0.342 e. The van der Waals surface area contributed by atoms with E-state index in [0.29, 0.717) is 5.69 Å². The molecule has 0 aliphatic heterocycles. The van der Waals surface area contributed by atoms with Gasteiger partial charge in [-0.1, -0.05) is 17.7 Å². The Morgan fingerprint density at radius 2 is 1.77 bits per heavy atom. The maximum atomic E-state index is 11.7. The molecule has 22 heavy (non-hydrogen) atoms. The normalized spacial score (nSPS) is 10.0. The summed E-state index contributed by atoms with van der Waals surface area (Å²) in [6, 6.07) is 10.6. The van der Waals surface area contributed by atoms with Gasteiger partial charge in [0.1, 0.15) is 17.1 Å². The number of phenols is 2. The Bertz CT molecular complexity index is 694. The number of nitrogens with one attached hydrogen (secondary N) is 1. The predicted molar refractivity (Wildman–Crippen MR) is 79.9 cm³/mol.